The van der Waals surface area contributed by atoms with Gasteiger partial charge in [-0.25, -0.2) is 0 Å². The summed E-state index contributed by atoms with van der Waals surface area (Å²) < 4.78 is 5.49. The van der Waals surface area contributed by atoms with E-state index >= 15 is 0 Å². The Bertz CT molecular complexity index is 527. The van der Waals surface area contributed by atoms with Gasteiger partial charge in [-0.3, -0.25) is 0 Å². The largest absolute Gasteiger partial charge is 0.377 e. The summed E-state index contributed by atoms with van der Waals surface area (Å²) in [4.78, 5) is 0. The van der Waals surface area contributed by atoms with E-state index < -0.39 is 0 Å². The van der Waals surface area contributed by atoms with Gasteiger partial charge in [0.05, 0.1) is 11.8 Å². The third kappa shape index (κ3) is 2.76. The number of aryl methyl sites for hydroxylation is 1. The van der Waals surface area contributed by atoms with E-state index in [0.29, 0.717) is 0 Å². The van der Waals surface area contributed by atoms with Crippen molar-refractivity contribution in [1.29, 1.82) is 0 Å². The van der Waals surface area contributed by atoms with Gasteiger partial charge in [-0.05, 0) is 20.8 Å². The van der Waals surface area contributed by atoms with E-state index in [0.717, 1.165) is 35.4 Å². The number of fused-ring (bicyclic) bond motifs is 1. The normalized spacial score (nSPS) is 12.6. The molecule has 0 saturated carbocycles. The lowest BCUT2D eigenvalue weighted by Gasteiger charge is -2.14. The molecule has 1 N–H and O–H groups in total. The van der Waals surface area contributed by atoms with E-state index in [1.165, 1.54) is 0 Å². The van der Waals surface area contributed by atoms with Crippen molar-refractivity contribution in [1.82, 2.24) is 10.2 Å². The molecule has 96 valence electrons. The van der Waals surface area contributed by atoms with E-state index in [1.54, 1.807) is 0 Å². The molecule has 0 aliphatic carbocycles. The highest BCUT2D eigenvalue weighted by atomic mass is 16.5. The summed E-state index contributed by atoms with van der Waals surface area (Å²) in [6, 6.07) is 8.16. The van der Waals surface area contributed by atoms with Crippen molar-refractivity contribution in [2.45, 2.75) is 26.9 Å². The number of nitrogens with zero attached hydrogens (tertiary/aromatic N) is 2. The molecule has 1 heterocycles. The first-order chi connectivity index (χ1) is 8.72. The van der Waals surface area contributed by atoms with E-state index in [4.69, 9.17) is 4.74 Å². The SMILES string of the molecule is CCOC(C)CNc1nnc(C)c2ccccc12. The molecular weight excluding hydrogens is 226 g/mol. The molecule has 0 radical (unpaired) electrons. The second-order valence-corrected chi connectivity index (χ2v) is 4.33. The molecule has 0 spiro atoms. The number of benzene rings is 1. The highest BCUT2D eigenvalue weighted by Gasteiger charge is 2.07. The molecule has 2 aromatic rings. The standard InChI is InChI=1S/C14H19N3O/c1-4-18-10(2)9-15-14-13-8-6-5-7-12(13)11(3)16-17-14/h5-8,10H,4,9H2,1-3H3,(H,15,17). The maximum absolute atomic E-state index is 5.49. The van der Waals surface area contributed by atoms with Gasteiger partial charge in [-0.15, -0.1) is 5.10 Å². The number of anilines is 1. The third-order valence-electron chi connectivity index (χ3n) is 2.88. The highest BCUT2D eigenvalue weighted by Crippen LogP contribution is 2.22. The van der Waals surface area contributed by atoms with Gasteiger partial charge in [-0.1, -0.05) is 24.3 Å². The summed E-state index contributed by atoms with van der Waals surface area (Å²) in [6.45, 7) is 7.47. The van der Waals surface area contributed by atoms with Gasteiger partial charge in [-0.2, -0.15) is 5.10 Å². The van der Waals surface area contributed by atoms with Gasteiger partial charge in [0.2, 0.25) is 0 Å². The molecule has 2 rings (SSSR count). The third-order valence-corrected chi connectivity index (χ3v) is 2.88. The molecule has 0 saturated heterocycles. The zero-order chi connectivity index (χ0) is 13.0. The molecule has 1 atom stereocenters. The Hall–Kier alpha value is -1.68. The van der Waals surface area contributed by atoms with Crippen molar-refractivity contribution in [3.8, 4) is 0 Å². The van der Waals surface area contributed by atoms with Crippen LogP contribution < -0.4 is 5.32 Å². The maximum atomic E-state index is 5.49. The van der Waals surface area contributed by atoms with Gasteiger partial charge in [0.1, 0.15) is 0 Å². The van der Waals surface area contributed by atoms with Crippen LogP contribution in [-0.2, 0) is 4.74 Å². The van der Waals surface area contributed by atoms with Crippen LogP contribution in [0.25, 0.3) is 10.8 Å². The Morgan fingerprint density at radius 2 is 1.94 bits per heavy atom. The summed E-state index contributed by atoms with van der Waals surface area (Å²) in [7, 11) is 0. The van der Waals surface area contributed by atoms with Crippen LogP contribution >= 0.6 is 0 Å². The van der Waals surface area contributed by atoms with Crippen molar-refractivity contribution in [3.05, 3.63) is 30.0 Å². The van der Waals surface area contributed by atoms with Gasteiger partial charge in [0.25, 0.3) is 0 Å². The van der Waals surface area contributed by atoms with E-state index in [-0.39, 0.29) is 6.10 Å². The first-order valence-corrected chi connectivity index (χ1v) is 6.30. The zero-order valence-corrected chi connectivity index (χ0v) is 11.1. The minimum atomic E-state index is 0.164. The summed E-state index contributed by atoms with van der Waals surface area (Å²) in [6.07, 6.45) is 0.164. The lowest BCUT2D eigenvalue weighted by molar-refractivity contribution is 0.0855. The second-order valence-electron chi connectivity index (χ2n) is 4.33. The number of ether oxygens (including phenoxy) is 1. The Morgan fingerprint density at radius 1 is 1.22 bits per heavy atom. The monoisotopic (exact) mass is 245 g/mol. The highest BCUT2D eigenvalue weighted by molar-refractivity contribution is 5.92. The number of rotatable bonds is 5. The van der Waals surface area contributed by atoms with Gasteiger partial charge in [0, 0.05) is 23.9 Å². The van der Waals surface area contributed by atoms with Crippen LogP contribution in [-0.4, -0.2) is 29.5 Å². The molecule has 0 amide bonds. The Morgan fingerprint density at radius 3 is 2.67 bits per heavy atom. The molecule has 1 aromatic heterocycles. The van der Waals surface area contributed by atoms with Gasteiger partial charge in [0.15, 0.2) is 5.82 Å². The fourth-order valence-corrected chi connectivity index (χ4v) is 1.95. The van der Waals surface area contributed by atoms with E-state index in [9.17, 15) is 0 Å². The van der Waals surface area contributed by atoms with Crippen LogP contribution in [0, 0.1) is 6.92 Å². The smallest absolute Gasteiger partial charge is 0.156 e. The Kier molecular flexibility index (Phi) is 4.10. The quantitative estimate of drug-likeness (QED) is 0.880. The van der Waals surface area contributed by atoms with Crippen molar-refractivity contribution in [3.63, 3.8) is 0 Å². The molecule has 0 aliphatic rings. The molecular formula is C14H19N3O. The Balaban J connectivity index is 2.21. The van der Waals surface area contributed by atoms with Crippen molar-refractivity contribution in [2.75, 3.05) is 18.5 Å². The first kappa shape index (κ1) is 12.8. The minimum Gasteiger partial charge on any atom is -0.377 e. The maximum Gasteiger partial charge on any atom is 0.156 e. The van der Waals surface area contributed by atoms with Crippen LogP contribution in [0.1, 0.15) is 19.5 Å². The molecule has 0 aliphatic heterocycles. The molecule has 0 bridgehead atoms. The first-order valence-electron chi connectivity index (χ1n) is 6.30. The lowest BCUT2D eigenvalue weighted by atomic mass is 10.1. The average molecular weight is 245 g/mol. The second kappa shape index (κ2) is 5.78. The molecule has 18 heavy (non-hydrogen) atoms. The molecule has 4 nitrogen and oxygen atoms in total. The summed E-state index contributed by atoms with van der Waals surface area (Å²) in [5, 5.41) is 13.9. The Labute approximate surface area is 107 Å². The van der Waals surface area contributed by atoms with Crippen molar-refractivity contribution < 1.29 is 4.74 Å². The van der Waals surface area contributed by atoms with Crippen molar-refractivity contribution in [2.24, 2.45) is 0 Å². The molecule has 1 aromatic carbocycles. The summed E-state index contributed by atoms with van der Waals surface area (Å²) in [5.41, 5.74) is 0.953. The predicted molar refractivity (Wildman–Crippen MR) is 73.9 cm³/mol. The molecule has 0 fully saturated rings. The van der Waals surface area contributed by atoms with E-state index in [2.05, 4.69) is 27.6 Å². The molecule has 4 heteroatoms. The van der Waals surface area contributed by atoms with Crippen LogP contribution in [0.15, 0.2) is 24.3 Å². The summed E-state index contributed by atoms with van der Waals surface area (Å²) in [5.74, 6) is 0.822. The van der Waals surface area contributed by atoms with Crippen LogP contribution in [0.5, 0.6) is 0 Å². The number of aromatic nitrogens is 2. The van der Waals surface area contributed by atoms with E-state index in [1.807, 2.05) is 32.9 Å². The van der Waals surface area contributed by atoms with Crippen LogP contribution in [0.2, 0.25) is 0 Å². The predicted octanol–water partition coefficient (Wildman–Crippen LogP) is 2.78. The zero-order valence-electron chi connectivity index (χ0n) is 11.1. The lowest BCUT2D eigenvalue weighted by Crippen LogP contribution is -2.20. The van der Waals surface area contributed by atoms with Crippen LogP contribution in [0.4, 0.5) is 5.82 Å². The number of hydrogen-bond acceptors (Lipinski definition) is 4. The number of hydrogen-bond donors (Lipinski definition) is 1. The van der Waals surface area contributed by atoms with Gasteiger partial charge >= 0.3 is 0 Å². The fraction of sp³-hybridized carbons (Fsp3) is 0.429. The van der Waals surface area contributed by atoms with Crippen molar-refractivity contribution >= 4 is 16.6 Å². The minimum absolute atomic E-state index is 0.164. The van der Waals surface area contributed by atoms with Crippen LogP contribution in [0.3, 0.4) is 0 Å². The van der Waals surface area contributed by atoms with Gasteiger partial charge < -0.3 is 10.1 Å². The average Bonchev–Trinajstić information content (AvgIpc) is 2.39. The topological polar surface area (TPSA) is 47.0 Å². The molecule has 1 unspecified atom stereocenters. The summed E-state index contributed by atoms with van der Waals surface area (Å²) >= 11 is 0. The number of nitrogens with one attached hydrogen (secondary N) is 1. The fourth-order valence-electron chi connectivity index (χ4n) is 1.95.